The highest BCUT2D eigenvalue weighted by Gasteiger charge is 2.35. The molecule has 1 unspecified atom stereocenters. The van der Waals surface area contributed by atoms with Gasteiger partial charge in [0.05, 0.1) is 23.4 Å². The summed E-state index contributed by atoms with van der Waals surface area (Å²) in [6.45, 7) is 3.79. The zero-order valence-corrected chi connectivity index (χ0v) is 18.9. The van der Waals surface area contributed by atoms with Crippen molar-refractivity contribution in [2.45, 2.75) is 32.6 Å². The highest BCUT2D eigenvalue weighted by molar-refractivity contribution is 6.04. The maximum Gasteiger partial charge on any atom is 0.338 e. The van der Waals surface area contributed by atoms with Gasteiger partial charge in [0.15, 0.2) is 0 Å². The van der Waals surface area contributed by atoms with Crippen molar-refractivity contribution in [2.75, 3.05) is 0 Å². The smallest absolute Gasteiger partial charge is 0.338 e. The van der Waals surface area contributed by atoms with Gasteiger partial charge in [-0.25, -0.2) is 14.0 Å². The molecular weight excluding hydrogens is 435 g/mol. The van der Waals surface area contributed by atoms with Crippen molar-refractivity contribution >= 4 is 17.7 Å². The van der Waals surface area contributed by atoms with Crippen LogP contribution < -0.4 is 15.4 Å². The Labute approximate surface area is 197 Å². The van der Waals surface area contributed by atoms with Gasteiger partial charge in [-0.05, 0) is 54.8 Å². The fraction of sp³-hybridized carbons (Fsp3) is 0.185. The van der Waals surface area contributed by atoms with Gasteiger partial charge in [-0.3, -0.25) is 0 Å². The molecular formula is C27H25FN2O4. The molecule has 34 heavy (non-hydrogen) atoms. The summed E-state index contributed by atoms with van der Waals surface area (Å²) in [4.78, 5) is 25.7. The first-order valence-corrected chi connectivity index (χ1v) is 11.0. The zero-order valence-electron chi connectivity index (χ0n) is 18.9. The van der Waals surface area contributed by atoms with Gasteiger partial charge >= 0.3 is 12.0 Å². The van der Waals surface area contributed by atoms with Crippen LogP contribution in [0.2, 0.25) is 0 Å². The van der Waals surface area contributed by atoms with Crippen LogP contribution in [0.3, 0.4) is 0 Å². The first-order valence-electron chi connectivity index (χ1n) is 11.0. The number of carbonyl (C=O) groups excluding carboxylic acids is 2. The van der Waals surface area contributed by atoms with E-state index in [2.05, 4.69) is 10.6 Å². The lowest BCUT2D eigenvalue weighted by Crippen LogP contribution is -2.45. The van der Waals surface area contributed by atoms with E-state index in [0.717, 1.165) is 5.56 Å². The molecule has 1 aliphatic rings. The van der Waals surface area contributed by atoms with Crippen LogP contribution in [-0.4, -0.2) is 18.1 Å². The largest absolute Gasteiger partial charge is 0.489 e. The van der Waals surface area contributed by atoms with Crippen LogP contribution in [0.4, 0.5) is 9.18 Å². The van der Waals surface area contributed by atoms with Crippen LogP contribution in [0.15, 0.2) is 84.4 Å². The van der Waals surface area contributed by atoms with E-state index in [1.165, 1.54) is 12.1 Å². The third-order valence-electron chi connectivity index (χ3n) is 5.21. The van der Waals surface area contributed by atoms with Crippen LogP contribution in [0, 0.1) is 5.82 Å². The van der Waals surface area contributed by atoms with Crippen LogP contribution >= 0.6 is 0 Å². The Hall–Kier alpha value is -4.13. The third-order valence-corrected chi connectivity index (χ3v) is 5.21. The molecule has 174 valence electrons. The predicted octanol–water partition coefficient (Wildman–Crippen LogP) is 5.12. The molecule has 1 heterocycles. The minimum atomic E-state index is -0.746. The molecule has 2 N–H and O–H groups in total. The van der Waals surface area contributed by atoms with E-state index in [4.69, 9.17) is 9.47 Å². The van der Waals surface area contributed by atoms with Crippen LogP contribution in [-0.2, 0) is 16.1 Å². The van der Waals surface area contributed by atoms with Crippen molar-refractivity contribution in [3.05, 3.63) is 107 Å². The van der Waals surface area contributed by atoms with Gasteiger partial charge in [0.1, 0.15) is 18.2 Å². The maximum atomic E-state index is 13.2. The minimum Gasteiger partial charge on any atom is -0.489 e. The Kier molecular flexibility index (Phi) is 6.92. The number of nitrogens with one attached hydrogen (secondary N) is 2. The van der Waals surface area contributed by atoms with Gasteiger partial charge in [0, 0.05) is 0 Å². The highest BCUT2D eigenvalue weighted by Crippen LogP contribution is 2.33. The molecule has 0 aromatic heterocycles. The van der Waals surface area contributed by atoms with Gasteiger partial charge in [-0.15, -0.1) is 0 Å². The summed E-state index contributed by atoms with van der Waals surface area (Å²) in [5.41, 5.74) is 2.87. The monoisotopic (exact) mass is 460 g/mol. The third kappa shape index (κ3) is 5.43. The first-order chi connectivity index (χ1) is 16.4. The number of rotatable bonds is 7. The number of ether oxygens (including phenoxy) is 2. The van der Waals surface area contributed by atoms with Crippen LogP contribution in [0.1, 0.15) is 36.6 Å². The van der Waals surface area contributed by atoms with Crippen molar-refractivity contribution in [1.29, 1.82) is 0 Å². The molecule has 4 rings (SSSR count). The van der Waals surface area contributed by atoms with Crippen LogP contribution in [0.5, 0.6) is 5.75 Å². The highest BCUT2D eigenvalue weighted by atomic mass is 19.1. The summed E-state index contributed by atoms with van der Waals surface area (Å²) in [6.07, 6.45) is -0.333. The molecule has 3 aromatic carbocycles. The van der Waals surface area contributed by atoms with Gasteiger partial charge in [0.2, 0.25) is 0 Å². The summed E-state index contributed by atoms with van der Waals surface area (Å²) in [5, 5.41) is 5.61. The second-order valence-corrected chi connectivity index (χ2v) is 8.13. The average Bonchev–Trinajstić information content (AvgIpc) is 2.83. The summed E-state index contributed by atoms with van der Waals surface area (Å²) in [6, 6.07) is 21.2. The number of benzene rings is 3. The SMILES string of the molecule is CC(C)OC(=O)C1=C(c2ccccc2)NC(=O)NC1c1cccc(OCc2ccc(F)cc2)c1. The fourth-order valence-electron chi connectivity index (χ4n) is 3.68. The van der Waals surface area contributed by atoms with E-state index in [1.807, 2.05) is 36.4 Å². The van der Waals surface area contributed by atoms with E-state index in [0.29, 0.717) is 28.1 Å². The van der Waals surface area contributed by atoms with E-state index < -0.39 is 18.0 Å². The van der Waals surface area contributed by atoms with Crippen molar-refractivity contribution in [1.82, 2.24) is 10.6 Å². The Morgan fingerprint density at radius 3 is 2.44 bits per heavy atom. The lowest BCUT2D eigenvalue weighted by Gasteiger charge is -2.30. The Morgan fingerprint density at radius 2 is 1.74 bits per heavy atom. The Balaban J connectivity index is 1.69. The maximum absolute atomic E-state index is 13.2. The standard InChI is InChI=1S/C27H25FN2O4/c1-17(2)34-26(31)23-24(19-7-4-3-5-8-19)29-27(32)30-25(23)20-9-6-10-22(15-20)33-16-18-11-13-21(28)14-12-18/h3-15,17,25H,16H2,1-2H3,(H2,29,30,32). The summed E-state index contributed by atoms with van der Waals surface area (Å²) in [5.74, 6) is -0.286. The van der Waals surface area contributed by atoms with Crippen molar-refractivity contribution < 1.29 is 23.5 Å². The van der Waals surface area contributed by atoms with E-state index in [-0.39, 0.29) is 18.5 Å². The Morgan fingerprint density at radius 1 is 1.00 bits per heavy atom. The van der Waals surface area contributed by atoms with Crippen LogP contribution in [0.25, 0.3) is 5.70 Å². The molecule has 3 aromatic rings. The second kappa shape index (κ2) is 10.2. The lowest BCUT2D eigenvalue weighted by atomic mass is 9.92. The molecule has 0 saturated heterocycles. The molecule has 0 fully saturated rings. The van der Waals surface area contributed by atoms with Crippen molar-refractivity contribution in [3.8, 4) is 5.75 Å². The lowest BCUT2D eigenvalue weighted by molar-refractivity contribution is -0.143. The van der Waals surface area contributed by atoms with Gasteiger partial charge in [-0.2, -0.15) is 0 Å². The number of urea groups is 1. The van der Waals surface area contributed by atoms with Crippen molar-refractivity contribution in [3.63, 3.8) is 0 Å². The Bertz CT molecular complexity index is 1210. The molecule has 0 spiro atoms. The average molecular weight is 461 g/mol. The second-order valence-electron chi connectivity index (χ2n) is 8.13. The van der Waals surface area contributed by atoms with E-state index in [9.17, 15) is 14.0 Å². The van der Waals surface area contributed by atoms with E-state index >= 15 is 0 Å². The number of amides is 2. The predicted molar refractivity (Wildman–Crippen MR) is 126 cm³/mol. The normalized spacial score (nSPS) is 15.5. The summed E-state index contributed by atoms with van der Waals surface area (Å²) >= 11 is 0. The molecule has 2 amide bonds. The fourth-order valence-corrected chi connectivity index (χ4v) is 3.68. The molecule has 0 aliphatic carbocycles. The van der Waals surface area contributed by atoms with Crippen molar-refractivity contribution in [2.24, 2.45) is 0 Å². The topological polar surface area (TPSA) is 76.7 Å². The zero-order chi connectivity index (χ0) is 24.1. The summed E-state index contributed by atoms with van der Waals surface area (Å²) in [7, 11) is 0. The first kappa shape index (κ1) is 23.0. The summed E-state index contributed by atoms with van der Waals surface area (Å²) < 4.78 is 24.6. The molecule has 0 radical (unpaired) electrons. The number of esters is 1. The molecule has 0 bridgehead atoms. The van der Waals surface area contributed by atoms with E-state index in [1.54, 1.807) is 44.2 Å². The quantitative estimate of drug-likeness (QED) is 0.480. The molecule has 1 aliphatic heterocycles. The molecule has 7 heteroatoms. The number of halogens is 1. The molecule has 1 atom stereocenters. The van der Waals surface area contributed by atoms with Gasteiger partial charge in [0.25, 0.3) is 0 Å². The number of hydrogen-bond acceptors (Lipinski definition) is 4. The number of hydrogen-bond donors (Lipinski definition) is 2. The molecule has 6 nitrogen and oxygen atoms in total. The molecule has 0 saturated carbocycles. The number of carbonyl (C=O) groups is 2. The van der Waals surface area contributed by atoms with Gasteiger partial charge in [-0.1, -0.05) is 54.6 Å². The van der Waals surface area contributed by atoms with Gasteiger partial charge < -0.3 is 20.1 Å². The minimum absolute atomic E-state index is 0.246.